The summed E-state index contributed by atoms with van der Waals surface area (Å²) >= 11 is 5.80. The molecule has 1 atom stereocenters. The van der Waals surface area contributed by atoms with E-state index < -0.39 is 11.7 Å². The second-order valence-electron chi connectivity index (χ2n) is 6.34. The topological polar surface area (TPSA) is 15.3 Å². The summed E-state index contributed by atoms with van der Waals surface area (Å²) < 4.78 is 39.9. The number of hydrogen-bond acceptors (Lipinski definition) is 2. The van der Waals surface area contributed by atoms with Crippen LogP contribution in [0, 0.1) is 6.92 Å². The molecule has 0 aromatic heterocycles. The zero-order valence-corrected chi connectivity index (χ0v) is 14.7. The SMILES string of the molecule is Cc1cccc(C(c2ccc(Cl)c(C(F)(F)F)c2)N2CCNCC2)c1. The third-order valence-corrected chi connectivity index (χ3v) is 4.82. The zero-order valence-electron chi connectivity index (χ0n) is 13.9. The van der Waals surface area contributed by atoms with Gasteiger partial charge in [-0.25, -0.2) is 0 Å². The molecule has 1 N–H and O–H groups in total. The molecule has 134 valence electrons. The maximum Gasteiger partial charge on any atom is 0.417 e. The van der Waals surface area contributed by atoms with Gasteiger partial charge in [-0.15, -0.1) is 0 Å². The Morgan fingerprint density at radius 1 is 1.04 bits per heavy atom. The van der Waals surface area contributed by atoms with Crippen molar-refractivity contribution in [3.05, 3.63) is 69.7 Å². The van der Waals surface area contributed by atoms with Crippen LogP contribution in [0.15, 0.2) is 42.5 Å². The van der Waals surface area contributed by atoms with Gasteiger partial charge in [0, 0.05) is 26.2 Å². The Morgan fingerprint density at radius 3 is 2.36 bits per heavy atom. The minimum atomic E-state index is -4.46. The first-order valence-electron chi connectivity index (χ1n) is 8.24. The fraction of sp³-hybridized carbons (Fsp3) is 0.368. The number of aryl methyl sites for hydroxylation is 1. The van der Waals surface area contributed by atoms with E-state index in [9.17, 15) is 13.2 Å². The van der Waals surface area contributed by atoms with Crippen LogP contribution in [-0.4, -0.2) is 31.1 Å². The number of nitrogens with zero attached hydrogens (tertiary/aromatic N) is 1. The Hall–Kier alpha value is -1.56. The van der Waals surface area contributed by atoms with Crippen LogP contribution in [0.5, 0.6) is 0 Å². The molecule has 0 bridgehead atoms. The second-order valence-corrected chi connectivity index (χ2v) is 6.75. The normalized spacial score (nSPS) is 17.5. The third kappa shape index (κ3) is 4.17. The number of benzene rings is 2. The molecule has 2 aromatic carbocycles. The molecule has 0 radical (unpaired) electrons. The third-order valence-electron chi connectivity index (χ3n) is 4.49. The predicted octanol–water partition coefficient (Wildman–Crippen LogP) is 4.66. The van der Waals surface area contributed by atoms with Crippen molar-refractivity contribution in [2.24, 2.45) is 0 Å². The van der Waals surface area contributed by atoms with Crippen molar-refractivity contribution < 1.29 is 13.2 Å². The number of halogens is 4. The lowest BCUT2D eigenvalue weighted by Crippen LogP contribution is -2.45. The van der Waals surface area contributed by atoms with E-state index in [2.05, 4.69) is 10.2 Å². The second kappa shape index (κ2) is 7.36. The smallest absolute Gasteiger partial charge is 0.314 e. The Balaban J connectivity index is 2.08. The van der Waals surface area contributed by atoms with Crippen molar-refractivity contribution in [3.63, 3.8) is 0 Å². The number of hydrogen-bond donors (Lipinski definition) is 1. The van der Waals surface area contributed by atoms with Gasteiger partial charge in [-0.05, 0) is 30.2 Å². The van der Waals surface area contributed by atoms with Gasteiger partial charge in [0.2, 0.25) is 0 Å². The first-order valence-corrected chi connectivity index (χ1v) is 8.62. The molecule has 0 spiro atoms. The van der Waals surface area contributed by atoms with E-state index in [1.165, 1.54) is 12.1 Å². The maximum absolute atomic E-state index is 13.3. The summed E-state index contributed by atoms with van der Waals surface area (Å²) in [6.07, 6.45) is -4.46. The summed E-state index contributed by atoms with van der Waals surface area (Å²) in [6, 6.07) is 12.0. The van der Waals surface area contributed by atoms with E-state index in [0.717, 1.165) is 37.3 Å². The standard InChI is InChI=1S/C19H20ClF3N2/c1-13-3-2-4-14(11-13)18(25-9-7-24-8-10-25)15-5-6-17(20)16(12-15)19(21,22)23/h2-6,11-12,18,24H,7-10H2,1H3. The lowest BCUT2D eigenvalue weighted by Gasteiger charge is -2.36. The van der Waals surface area contributed by atoms with Crippen LogP contribution in [0.2, 0.25) is 5.02 Å². The highest BCUT2D eigenvalue weighted by Gasteiger charge is 2.34. The molecule has 2 nitrogen and oxygen atoms in total. The number of piperazine rings is 1. The predicted molar refractivity (Wildman–Crippen MR) is 93.9 cm³/mol. The van der Waals surface area contributed by atoms with Crippen LogP contribution in [-0.2, 0) is 6.18 Å². The van der Waals surface area contributed by atoms with Gasteiger partial charge in [0.25, 0.3) is 0 Å². The van der Waals surface area contributed by atoms with Gasteiger partial charge >= 0.3 is 6.18 Å². The molecule has 1 aliphatic heterocycles. The highest BCUT2D eigenvalue weighted by molar-refractivity contribution is 6.31. The molecule has 0 saturated carbocycles. The highest BCUT2D eigenvalue weighted by Crippen LogP contribution is 2.38. The van der Waals surface area contributed by atoms with Crippen LogP contribution in [0.4, 0.5) is 13.2 Å². The number of alkyl halides is 3. The van der Waals surface area contributed by atoms with E-state index in [0.29, 0.717) is 5.56 Å². The molecule has 3 rings (SSSR count). The molecule has 0 amide bonds. The average molecular weight is 369 g/mol. The molecule has 25 heavy (non-hydrogen) atoms. The molecular formula is C19H20ClF3N2. The minimum Gasteiger partial charge on any atom is -0.314 e. The maximum atomic E-state index is 13.3. The monoisotopic (exact) mass is 368 g/mol. The van der Waals surface area contributed by atoms with Gasteiger partial charge in [0.05, 0.1) is 16.6 Å². The summed E-state index contributed by atoms with van der Waals surface area (Å²) in [4.78, 5) is 2.22. The van der Waals surface area contributed by atoms with Gasteiger partial charge in [0.15, 0.2) is 0 Å². The van der Waals surface area contributed by atoms with E-state index >= 15 is 0 Å². The molecule has 6 heteroatoms. The summed E-state index contributed by atoms with van der Waals surface area (Å²) in [5.74, 6) is 0. The Morgan fingerprint density at radius 2 is 1.72 bits per heavy atom. The van der Waals surface area contributed by atoms with Crippen LogP contribution in [0.25, 0.3) is 0 Å². The molecule has 1 unspecified atom stereocenters. The summed E-state index contributed by atoms with van der Waals surface area (Å²) in [6.45, 7) is 5.19. The van der Waals surface area contributed by atoms with Crippen LogP contribution in [0.3, 0.4) is 0 Å². The molecular weight excluding hydrogens is 349 g/mol. The Labute approximate surface area is 150 Å². The molecule has 1 heterocycles. The van der Waals surface area contributed by atoms with Gasteiger partial charge < -0.3 is 5.32 Å². The van der Waals surface area contributed by atoms with E-state index in [4.69, 9.17) is 11.6 Å². The Bertz CT molecular complexity index is 740. The summed E-state index contributed by atoms with van der Waals surface area (Å²) in [7, 11) is 0. The fourth-order valence-corrected chi connectivity index (χ4v) is 3.55. The lowest BCUT2D eigenvalue weighted by atomic mass is 9.94. The lowest BCUT2D eigenvalue weighted by molar-refractivity contribution is -0.137. The quantitative estimate of drug-likeness (QED) is 0.847. The van der Waals surface area contributed by atoms with E-state index in [1.807, 2.05) is 31.2 Å². The van der Waals surface area contributed by atoms with Crippen LogP contribution < -0.4 is 5.32 Å². The van der Waals surface area contributed by atoms with E-state index in [1.54, 1.807) is 6.07 Å². The summed E-state index contributed by atoms with van der Waals surface area (Å²) in [5, 5.41) is 3.02. The minimum absolute atomic E-state index is 0.222. The van der Waals surface area contributed by atoms with Crippen molar-refractivity contribution in [2.45, 2.75) is 19.1 Å². The molecule has 2 aromatic rings. The largest absolute Gasteiger partial charge is 0.417 e. The average Bonchev–Trinajstić information content (AvgIpc) is 2.57. The summed E-state index contributed by atoms with van der Waals surface area (Å²) in [5.41, 5.74) is 1.92. The van der Waals surface area contributed by atoms with Crippen molar-refractivity contribution in [3.8, 4) is 0 Å². The van der Waals surface area contributed by atoms with Crippen LogP contribution >= 0.6 is 11.6 Å². The van der Waals surface area contributed by atoms with Crippen LogP contribution in [0.1, 0.15) is 28.3 Å². The van der Waals surface area contributed by atoms with E-state index in [-0.39, 0.29) is 11.1 Å². The molecule has 1 aliphatic rings. The van der Waals surface area contributed by atoms with Gasteiger partial charge in [-0.2, -0.15) is 13.2 Å². The van der Waals surface area contributed by atoms with Gasteiger partial charge in [0.1, 0.15) is 0 Å². The van der Waals surface area contributed by atoms with Crippen molar-refractivity contribution in [1.29, 1.82) is 0 Å². The number of nitrogens with one attached hydrogen (secondary N) is 1. The van der Waals surface area contributed by atoms with Crippen molar-refractivity contribution >= 4 is 11.6 Å². The molecule has 1 fully saturated rings. The Kier molecular flexibility index (Phi) is 5.37. The zero-order chi connectivity index (χ0) is 18.0. The van der Waals surface area contributed by atoms with Gasteiger partial charge in [-0.1, -0.05) is 47.5 Å². The van der Waals surface area contributed by atoms with Crippen molar-refractivity contribution in [1.82, 2.24) is 10.2 Å². The molecule has 1 saturated heterocycles. The molecule has 0 aliphatic carbocycles. The highest BCUT2D eigenvalue weighted by atomic mass is 35.5. The first kappa shape index (κ1) is 18.2. The fourth-order valence-electron chi connectivity index (χ4n) is 3.32. The van der Waals surface area contributed by atoms with Gasteiger partial charge in [-0.3, -0.25) is 4.90 Å². The first-order chi connectivity index (χ1) is 11.9. The number of rotatable bonds is 3. The van der Waals surface area contributed by atoms with Crippen molar-refractivity contribution in [2.75, 3.05) is 26.2 Å².